The van der Waals surface area contributed by atoms with Gasteiger partial charge < -0.3 is 24.4 Å². The molecule has 0 unspecified atom stereocenters. The summed E-state index contributed by atoms with van der Waals surface area (Å²) in [6.45, 7) is 8.26. The van der Waals surface area contributed by atoms with Gasteiger partial charge >= 0.3 is 0 Å². The zero-order chi connectivity index (χ0) is 29.9. The predicted octanol–water partition coefficient (Wildman–Crippen LogP) is 8.11. The number of hydrogen-bond acceptors (Lipinski definition) is 5. The number of hydrogen-bond donors (Lipinski definition) is 2. The van der Waals surface area contributed by atoms with Crippen LogP contribution in [0.1, 0.15) is 67.2 Å². The van der Waals surface area contributed by atoms with Crippen molar-refractivity contribution in [2.45, 2.75) is 70.7 Å². The van der Waals surface area contributed by atoms with Gasteiger partial charge in [-0.3, -0.25) is 0 Å². The second kappa shape index (κ2) is 10.1. The van der Waals surface area contributed by atoms with Gasteiger partial charge in [0.25, 0.3) is 0 Å². The molecule has 43 heavy (non-hydrogen) atoms. The van der Waals surface area contributed by atoms with Gasteiger partial charge in [0.15, 0.2) is 5.60 Å². The molecule has 4 aromatic rings. The standard InChI is InChI=1S/C38H38O5/c1-37(2)34-33-31-25(17-15-23-11-7-5-8-12-23)19-27(39)21-29(31)43-38(3,4)36(33)41-35(34)32-26(20-28(40)22-30(32)42-37)18-16-24-13-9-6-10-14-24/h5-14,19-22,34-35,39-40H,15-18H2,1-4H3/t34-,35-/m1/s1. The van der Waals surface area contributed by atoms with Crippen LogP contribution in [0.15, 0.2) is 90.7 Å². The summed E-state index contributed by atoms with van der Waals surface area (Å²) in [7, 11) is 0. The van der Waals surface area contributed by atoms with Gasteiger partial charge in [0.2, 0.25) is 0 Å². The Morgan fingerprint density at radius 3 is 1.84 bits per heavy atom. The number of phenols is 2. The number of benzene rings is 4. The lowest BCUT2D eigenvalue weighted by Crippen LogP contribution is -2.44. The van der Waals surface area contributed by atoms with E-state index in [1.807, 2.05) is 38.1 Å². The molecular formula is C38H38O5. The smallest absolute Gasteiger partial charge is 0.160 e. The first-order chi connectivity index (χ1) is 20.6. The zero-order valence-electron chi connectivity index (χ0n) is 25.2. The lowest BCUT2D eigenvalue weighted by Gasteiger charge is -2.43. The van der Waals surface area contributed by atoms with Gasteiger partial charge in [0, 0.05) is 28.8 Å². The number of rotatable bonds is 6. The van der Waals surface area contributed by atoms with Gasteiger partial charge in [-0.25, -0.2) is 0 Å². The van der Waals surface area contributed by atoms with Crippen LogP contribution in [0.5, 0.6) is 23.0 Å². The van der Waals surface area contributed by atoms with E-state index in [2.05, 4.69) is 62.4 Å². The molecule has 0 saturated carbocycles. The minimum atomic E-state index is -0.748. The molecule has 7 rings (SSSR count). The Bertz CT molecular complexity index is 1720. The quantitative estimate of drug-likeness (QED) is 0.244. The molecule has 3 heterocycles. The highest BCUT2D eigenvalue weighted by Crippen LogP contribution is 2.62. The molecule has 220 valence electrons. The Morgan fingerprint density at radius 1 is 0.651 bits per heavy atom. The van der Waals surface area contributed by atoms with E-state index >= 15 is 0 Å². The summed E-state index contributed by atoms with van der Waals surface area (Å²) in [5.74, 6) is 2.42. The van der Waals surface area contributed by atoms with Crippen molar-refractivity contribution >= 4 is 5.57 Å². The molecule has 5 heteroatoms. The summed E-state index contributed by atoms with van der Waals surface area (Å²) in [4.78, 5) is 0. The number of aryl methyl sites for hydroxylation is 4. The molecule has 2 atom stereocenters. The third kappa shape index (κ3) is 4.81. The largest absolute Gasteiger partial charge is 0.508 e. The van der Waals surface area contributed by atoms with Crippen molar-refractivity contribution in [3.05, 3.63) is 124 Å². The Balaban J connectivity index is 1.34. The molecule has 0 amide bonds. The Kier molecular flexibility index (Phi) is 6.46. The van der Waals surface area contributed by atoms with E-state index in [1.165, 1.54) is 11.1 Å². The van der Waals surface area contributed by atoms with Gasteiger partial charge in [-0.15, -0.1) is 0 Å². The molecule has 0 aliphatic carbocycles. The zero-order valence-corrected chi connectivity index (χ0v) is 25.2. The monoisotopic (exact) mass is 574 g/mol. The number of aromatic hydroxyl groups is 2. The van der Waals surface area contributed by atoms with Crippen LogP contribution in [0, 0.1) is 5.92 Å². The average molecular weight is 575 g/mol. The van der Waals surface area contributed by atoms with E-state index < -0.39 is 11.2 Å². The van der Waals surface area contributed by atoms with Crippen molar-refractivity contribution < 1.29 is 24.4 Å². The number of phenolic OH excluding ortho intramolecular Hbond substituents is 2. The van der Waals surface area contributed by atoms with Crippen molar-refractivity contribution in [3.63, 3.8) is 0 Å². The first-order valence-corrected chi connectivity index (χ1v) is 15.2. The van der Waals surface area contributed by atoms with Crippen LogP contribution in [0.25, 0.3) is 5.57 Å². The van der Waals surface area contributed by atoms with Crippen molar-refractivity contribution in [2.75, 3.05) is 0 Å². The fourth-order valence-corrected chi connectivity index (χ4v) is 7.26. The lowest BCUT2D eigenvalue weighted by molar-refractivity contribution is -0.0377. The number of fused-ring (bicyclic) bond motifs is 6. The van der Waals surface area contributed by atoms with E-state index in [4.69, 9.17) is 14.2 Å². The first-order valence-electron chi connectivity index (χ1n) is 15.2. The highest BCUT2D eigenvalue weighted by atomic mass is 16.6. The van der Waals surface area contributed by atoms with Crippen LogP contribution < -0.4 is 9.47 Å². The molecule has 2 N–H and O–H groups in total. The summed E-state index contributed by atoms with van der Waals surface area (Å²) in [6, 6.07) is 28.0. The van der Waals surface area contributed by atoms with Gasteiger partial charge in [0.1, 0.15) is 40.5 Å². The molecule has 3 aliphatic heterocycles. The highest BCUT2D eigenvalue weighted by molar-refractivity contribution is 5.83. The number of ether oxygens (including phenoxy) is 3. The van der Waals surface area contributed by atoms with Crippen molar-refractivity contribution in [1.82, 2.24) is 0 Å². The Labute approximate surface area is 253 Å². The maximum atomic E-state index is 10.8. The van der Waals surface area contributed by atoms with Crippen LogP contribution >= 0.6 is 0 Å². The van der Waals surface area contributed by atoms with E-state index in [1.54, 1.807) is 12.1 Å². The van der Waals surface area contributed by atoms with Crippen LogP contribution in [0.2, 0.25) is 0 Å². The molecule has 4 aromatic carbocycles. The van der Waals surface area contributed by atoms with E-state index in [0.717, 1.165) is 59.3 Å². The second-order valence-electron chi connectivity index (χ2n) is 13.0. The average Bonchev–Trinajstić information content (AvgIpc) is 3.38. The lowest BCUT2D eigenvalue weighted by atomic mass is 9.71. The van der Waals surface area contributed by atoms with E-state index in [9.17, 15) is 10.2 Å². The summed E-state index contributed by atoms with van der Waals surface area (Å²) in [5, 5.41) is 21.5. The molecule has 0 spiro atoms. The minimum absolute atomic E-state index is 0.128. The van der Waals surface area contributed by atoms with Crippen LogP contribution in [-0.4, -0.2) is 21.4 Å². The maximum Gasteiger partial charge on any atom is 0.160 e. The topological polar surface area (TPSA) is 68.2 Å². The van der Waals surface area contributed by atoms with Crippen LogP contribution in [-0.2, 0) is 30.4 Å². The molecular weight excluding hydrogens is 536 g/mol. The molecule has 0 aromatic heterocycles. The van der Waals surface area contributed by atoms with E-state index in [-0.39, 0.29) is 23.5 Å². The van der Waals surface area contributed by atoms with Crippen molar-refractivity contribution in [1.29, 1.82) is 0 Å². The summed E-state index contributed by atoms with van der Waals surface area (Å²) in [5.41, 5.74) is 6.24. The second-order valence-corrected chi connectivity index (χ2v) is 13.0. The SMILES string of the molecule is CC1(C)Oc2cc(O)cc(CCc3ccccc3)c2C2=C1O[C@@H]1c3c(CCc4ccccc4)cc(O)cc3OC(C)(C)[C@H]21. The van der Waals surface area contributed by atoms with Gasteiger partial charge in [-0.2, -0.15) is 0 Å². The fraction of sp³-hybridized carbons (Fsp3) is 0.316. The van der Waals surface area contributed by atoms with Crippen LogP contribution in [0.3, 0.4) is 0 Å². The van der Waals surface area contributed by atoms with Gasteiger partial charge in [-0.05, 0) is 87.8 Å². The van der Waals surface area contributed by atoms with Crippen molar-refractivity contribution in [2.24, 2.45) is 5.92 Å². The third-order valence-electron chi connectivity index (χ3n) is 9.12. The van der Waals surface area contributed by atoms with Gasteiger partial charge in [-0.1, -0.05) is 60.7 Å². The van der Waals surface area contributed by atoms with Gasteiger partial charge in [0.05, 0.1) is 5.92 Å². The fourth-order valence-electron chi connectivity index (χ4n) is 7.26. The molecule has 5 nitrogen and oxygen atoms in total. The minimum Gasteiger partial charge on any atom is -0.508 e. The normalized spacial score (nSPS) is 20.6. The molecule has 0 saturated heterocycles. The highest BCUT2D eigenvalue weighted by Gasteiger charge is 2.58. The molecule has 0 radical (unpaired) electrons. The van der Waals surface area contributed by atoms with Crippen molar-refractivity contribution in [3.8, 4) is 23.0 Å². The molecule has 0 fully saturated rings. The summed E-state index contributed by atoms with van der Waals surface area (Å²) < 4.78 is 20.4. The van der Waals surface area contributed by atoms with Crippen LogP contribution in [0.4, 0.5) is 0 Å². The third-order valence-corrected chi connectivity index (χ3v) is 9.12. The summed E-state index contributed by atoms with van der Waals surface area (Å²) >= 11 is 0. The Hall–Kier alpha value is -4.38. The molecule has 3 aliphatic rings. The molecule has 0 bridgehead atoms. The maximum absolute atomic E-state index is 10.8. The summed E-state index contributed by atoms with van der Waals surface area (Å²) in [6.07, 6.45) is 2.86. The Morgan fingerprint density at radius 2 is 1.21 bits per heavy atom. The predicted molar refractivity (Wildman–Crippen MR) is 168 cm³/mol. The first kappa shape index (κ1) is 27.5. The van der Waals surface area contributed by atoms with E-state index in [0.29, 0.717) is 11.5 Å².